The van der Waals surface area contributed by atoms with Crippen molar-refractivity contribution in [3.05, 3.63) is 53.6 Å². The third kappa shape index (κ3) is 2.95. The summed E-state index contributed by atoms with van der Waals surface area (Å²) in [5, 5.41) is 9.19. The third-order valence-corrected chi connectivity index (χ3v) is 6.31. The van der Waals surface area contributed by atoms with Crippen molar-refractivity contribution in [3.63, 3.8) is 0 Å². The highest BCUT2D eigenvalue weighted by Crippen LogP contribution is 2.39. The quantitative estimate of drug-likeness (QED) is 0.905. The first-order valence-corrected chi connectivity index (χ1v) is 9.33. The Bertz CT molecular complexity index is 923. The van der Waals surface area contributed by atoms with Crippen molar-refractivity contribution in [3.8, 4) is 5.75 Å². The van der Waals surface area contributed by atoms with Crippen molar-refractivity contribution in [2.75, 3.05) is 18.0 Å². The maximum Gasteiger partial charge on any atom is 0.335 e. The standard InChI is InChI=1S/C18H19NO5S/c1-12-9-10-19(15-6-4-3-5-14(12)15)25(22,23)17-11-13(18(20)21)7-8-16(17)24-2/h3-8,11-12H,9-10H2,1-2H3,(H,20,21)/t12-/m1/s1. The largest absolute Gasteiger partial charge is 0.495 e. The maximum absolute atomic E-state index is 13.3. The summed E-state index contributed by atoms with van der Waals surface area (Å²) < 4.78 is 33.0. The Morgan fingerprint density at radius 3 is 2.64 bits per heavy atom. The Morgan fingerprint density at radius 1 is 1.24 bits per heavy atom. The van der Waals surface area contributed by atoms with E-state index in [9.17, 15) is 18.3 Å². The molecule has 1 N–H and O–H groups in total. The second-order valence-electron chi connectivity index (χ2n) is 6.00. The minimum absolute atomic E-state index is 0.0990. The van der Waals surface area contributed by atoms with Crippen LogP contribution in [0.5, 0.6) is 5.75 Å². The summed E-state index contributed by atoms with van der Waals surface area (Å²) in [4.78, 5) is 11.1. The number of rotatable bonds is 4. The average Bonchev–Trinajstić information content (AvgIpc) is 2.61. The molecule has 0 aromatic heterocycles. The number of carboxylic acid groups (broad SMARTS) is 1. The lowest BCUT2D eigenvalue weighted by Gasteiger charge is -2.33. The van der Waals surface area contributed by atoms with Crippen LogP contribution in [-0.2, 0) is 10.0 Å². The molecule has 1 heterocycles. The van der Waals surface area contributed by atoms with E-state index in [1.54, 1.807) is 12.1 Å². The highest BCUT2D eigenvalue weighted by molar-refractivity contribution is 7.93. The van der Waals surface area contributed by atoms with Crippen molar-refractivity contribution in [2.45, 2.75) is 24.2 Å². The van der Waals surface area contributed by atoms with Gasteiger partial charge in [-0.25, -0.2) is 13.2 Å². The number of aromatic carboxylic acids is 1. The van der Waals surface area contributed by atoms with Crippen LogP contribution in [0.1, 0.15) is 35.2 Å². The number of methoxy groups -OCH3 is 1. The molecule has 0 fully saturated rings. The molecule has 2 aromatic carbocycles. The fourth-order valence-corrected chi connectivity index (χ4v) is 4.79. The molecular formula is C18H19NO5S. The van der Waals surface area contributed by atoms with Gasteiger partial charge >= 0.3 is 5.97 Å². The van der Waals surface area contributed by atoms with E-state index in [1.165, 1.54) is 23.5 Å². The molecule has 3 rings (SSSR count). The molecule has 1 atom stereocenters. The lowest BCUT2D eigenvalue weighted by molar-refractivity contribution is 0.0696. The smallest absolute Gasteiger partial charge is 0.335 e. The normalized spacial score (nSPS) is 17.0. The van der Waals surface area contributed by atoms with Gasteiger partial charge in [-0.15, -0.1) is 0 Å². The van der Waals surface area contributed by atoms with E-state index in [2.05, 4.69) is 6.92 Å². The van der Waals surface area contributed by atoms with Gasteiger partial charge in [0.15, 0.2) is 0 Å². The first-order valence-electron chi connectivity index (χ1n) is 7.89. The number of carboxylic acids is 1. The van der Waals surface area contributed by atoms with Crippen molar-refractivity contribution in [1.29, 1.82) is 0 Å². The van der Waals surface area contributed by atoms with Crippen LogP contribution >= 0.6 is 0 Å². The second-order valence-corrected chi connectivity index (χ2v) is 7.83. The van der Waals surface area contributed by atoms with Crippen LogP contribution in [0.2, 0.25) is 0 Å². The highest BCUT2D eigenvalue weighted by atomic mass is 32.2. The summed E-state index contributed by atoms with van der Waals surface area (Å²) in [5.74, 6) is -0.803. The van der Waals surface area contributed by atoms with Crippen LogP contribution in [0.4, 0.5) is 5.69 Å². The molecule has 0 amide bonds. The zero-order chi connectivity index (χ0) is 18.2. The number of hydrogen-bond donors (Lipinski definition) is 1. The lowest BCUT2D eigenvalue weighted by Crippen LogP contribution is -2.36. The van der Waals surface area contributed by atoms with E-state index in [-0.39, 0.29) is 22.1 Å². The summed E-state index contributed by atoms with van der Waals surface area (Å²) in [6.45, 7) is 2.40. The van der Waals surface area contributed by atoms with Crippen molar-refractivity contribution in [2.24, 2.45) is 0 Å². The number of ether oxygens (including phenoxy) is 1. The van der Waals surface area contributed by atoms with Crippen LogP contribution in [0.3, 0.4) is 0 Å². The Morgan fingerprint density at radius 2 is 1.96 bits per heavy atom. The molecule has 0 aliphatic carbocycles. The first-order chi connectivity index (χ1) is 11.9. The third-order valence-electron chi connectivity index (χ3n) is 4.48. The number of carbonyl (C=O) groups is 1. The molecular weight excluding hydrogens is 342 g/mol. The molecule has 7 heteroatoms. The molecule has 0 spiro atoms. The Kier molecular flexibility index (Phi) is 4.43. The van der Waals surface area contributed by atoms with Gasteiger partial charge in [0.2, 0.25) is 0 Å². The van der Waals surface area contributed by atoms with E-state index in [1.807, 2.05) is 12.1 Å². The first kappa shape index (κ1) is 17.3. The second kappa shape index (κ2) is 6.40. The fraction of sp³-hybridized carbons (Fsp3) is 0.278. The topological polar surface area (TPSA) is 83.9 Å². The van der Waals surface area contributed by atoms with Gasteiger partial charge in [0.1, 0.15) is 10.6 Å². The summed E-state index contributed by atoms with van der Waals surface area (Å²) >= 11 is 0. The Labute approximate surface area is 146 Å². The van der Waals surface area contributed by atoms with Gasteiger partial charge in [-0.1, -0.05) is 25.1 Å². The molecule has 0 saturated heterocycles. The van der Waals surface area contributed by atoms with E-state index in [0.717, 1.165) is 11.6 Å². The number of fused-ring (bicyclic) bond motifs is 1. The molecule has 0 unspecified atom stereocenters. The van der Waals surface area contributed by atoms with Gasteiger partial charge < -0.3 is 9.84 Å². The molecule has 0 bridgehead atoms. The van der Waals surface area contributed by atoms with E-state index in [4.69, 9.17) is 4.74 Å². The van der Waals surface area contributed by atoms with Gasteiger partial charge in [-0.3, -0.25) is 4.31 Å². The van der Waals surface area contributed by atoms with Crippen LogP contribution in [-0.4, -0.2) is 33.1 Å². The zero-order valence-corrected chi connectivity index (χ0v) is 14.8. The monoisotopic (exact) mass is 361 g/mol. The summed E-state index contributed by atoms with van der Waals surface area (Å²) in [6, 6.07) is 11.2. The minimum Gasteiger partial charge on any atom is -0.495 e. The molecule has 1 aliphatic heterocycles. The van der Waals surface area contributed by atoms with Crippen molar-refractivity contribution in [1.82, 2.24) is 0 Å². The SMILES string of the molecule is COc1ccc(C(=O)O)cc1S(=O)(=O)N1CC[C@@H](C)c2ccccc21. The molecule has 0 radical (unpaired) electrons. The van der Waals surface area contributed by atoms with Crippen LogP contribution in [0, 0.1) is 0 Å². The van der Waals surface area contributed by atoms with E-state index in [0.29, 0.717) is 18.7 Å². The highest BCUT2D eigenvalue weighted by Gasteiger charge is 2.33. The number of hydrogen-bond acceptors (Lipinski definition) is 4. The number of para-hydroxylation sites is 1. The molecule has 1 aliphatic rings. The number of benzene rings is 2. The molecule has 2 aromatic rings. The summed E-state index contributed by atoms with van der Waals surface area (Å²) in [5.41, 5.74) is 1.49. The summed E-state index contributed by atoms with van der Waals surface area (Å²) in [7, 11) is -2.59. The lowest BCUT2D eigenvalue weighted by atomic mass is 9.93. The predicted octanol–water partition coefficient (Wildman–Crippen LogP) is 3.10. The Balaban J connectivity index is 2.16. The minimum atomic E-state index is -3.95. The predicted molar refractivity (Wildman–Crippen MR) is 94.0 cm³/mol. The van der Waals surface area contributed by atoms with Crippen LogP contribution in [0.15, 0.2) is 47.4 Å². The maximum atomic E-state index is 13.3. The average molecular weight is 361 g/mol. The number of anilines is 1. The van der Waals surface area contributed by atoms with E-state index < -0.39 is 16.0 Å². The Hall–Kier alpha value is -2.54. The fourth-order valence-electron chi connectivity index (χ4n) is 3.10. The van der Waals surface area contributed by atoms with Crippen LogP contribution in [0.25, 0.3) is 0 Å². The molecule has 132 valence electrons. The number of sulfonamides is 1. The van der Waals surface area contributed by atoms with Crippen molar-refractivity contribution < 1.29 is 23.1 Å². The van der Waals surface area contributed by atoms with Crippen molar-refractivity contribution >= 4 is 21.7 Å². The molecule has 0 saturated carbocycles. The van der Waals surface area contributed by atoms with Gasteiger partial charge in [0.25, 0.3) is 10.0 Å². The number of nitrogens with zero attached hydrogens (tertiary/aromatic N) is 1. The van der Waals surface area contributed by atoms with Gasteiger partial charge in [0.05, 0.1) is 18.4 Å². The van der Waals surface area contributed by atoms with E-state index >= 15 is 0 Å². The van der Waals surface area contributed by atoms with Crippen LogP contribution < -0.4 is 9.04 Å². The van der Waals surface area contributed by atoms with Gasteiger partial charge in [-0.2, -0.15) is 0 Å². The zero-order valence-electron chi connectivity index (χ0n) is 14.0. The van der Waals surface area contributed by atoms with Gasteiger partial charge in [-0.05, 0) is 42.2 Å². The molecule has 6 nitrogen and oxygen atoms in total. The van der Waals surface area contributed by atoms with Gasteiger partial charge in [0, 0.05) is 6.54 Å². The molecule has 25 heavy (non-hydrogen) atoms. The summed E-state index contributed by atoms with van der Waals surface area (Å²) in [6.07, 6.45) is 0.692.